The maximum absolute atomic E-state index is 9.96. The summed E-state index contributed by atoms with van der Waals surface area (Å²) < 4.78 is 11.4. The summed E-state index contributed by atoms with van der Waals surface area (Å²) in [7, 11) is 1.80. The van der Waals surface area contributed by atoms with E-state index in [-0.39, 0.29) is 12.7 Å². The van der Waals surface area contributed by atoms with Crippen LogP contribution in [-0.2, 0) is 11.2 Å². The van der Waals surface area contributed by atoms with Crippen molar-refractivity contribution < 1.29 is 19.7 Å². The first kappa shape index (κ1) is 23.9. The normalized spacial score (nSPS) is 20.2. The fourth-order valence-corrected chi connectivity index (χ4v) is 4.49. The Morgan fingerprint density at radius 2 is 2.06 bits per heavy atom. The second kappa shape index (κ2) is 11.2. The Balaban J connectivity index is 1.62. The number of likely N-dealkylation sites (N-methyl/N-ethyl adjacent to an activating group) is 1. The molecule has 2 aliphatic heterocycles. The average Bonchev–Trinajstić information content (AvgIpc) is 3.33. The summed E-state index contributed by atoms with van der Waals surface area (Å²) in [6.07, 6.45) is 2.63. The van der Waals surface area contributed by atoms with Gasteiger partial charge < -0.3 is 29.9 Å². The largest absolute Gasteiger partial charge is 0.491 e. The predicted octanol–water partition coefficient (Wildman–Crippen LogP) is 1.95. The lowest BCUT2D eigenvalue weighted by molar-refractivity contribution is 0.108. The monoisotopic (exact) mass is 456 g/mol. The van der Waals surface area contributed by atoms with Gasteiger partial charge in [0.15, 0.2) is 5.82 Å². The van der Waals surface area contributed by atoms with Crippen LogP contribution < -0.4 is 15.0 Å². The van der Waals surface area contributed by atoms with Gasteiger partial charge in [0.05, 0.1) is 6.10 Å². The first-order chi connectivity index (χ1) is 16.0. The first-order valence-corrected chi connectivity index (χ1v) is 12.0. The van der Waals surface area contributed by atoms with E-state index in [0.717, 1.165) is 74.6 Å². The van der Waals surface area contributed by atoms with Crippen molar-refractivity contribution in [2.75, 3.05) is 51.4 Å². The van der Waals surface area contributed by atoms with Gasteiger partial charge in [0.2, 0.25) is 0 Å². The van der Waals surface area contributed by atoms with E-state index in [9.17, 15) is 10.2 Å². The molecule has 4 rings (SSSR count). The van der Waals surface area contributed by atoms with Crippen LogP contribution in [0, 0.1) is 12.8 Å². The molecule has 2 atom stereocenters. The third kappa shape index (κ3) is 6.20. The van der Waals surface area contributed by atoms with Crippen LogP contribution in [0.25, 0.3) is 11.4 Å². The van der Waals surface area contributed by atoms with Crippen LogP contribution in [0.1, 0.15) is 30.5 Å². The third-order valence-corrected chi connectivity index (χ3v) is 6.47. The summed E-state index contributed by atoms with van der Waals surface area (Å²) in [6, 6.07) is 7.74. The topological polar surface area (TPSA) is 100.0 Å². The van der Waals surface area contributed by atoms with Gasteiger partial charge in [-0.2, -0.15) is 0 Å². The number of anilines is 1. The standard InChI is InChI=1S/C25H36N4O4/c1-17-23(12-18-8-11-32-15-18)27-24(28-25(17)29-9-6-20(30)7-10-29)19-4-3-5-22(13-19)33-16-21(31)14-26-2/h3-5,13,18,20-21,26,30-31H,6-12,14-16H2,1-2H3/t18-,21?/m0/s1. The summed E-state index contributed by atoms with van der Waals surface area (Å²) in [5.74, 6) is 2.79. The molecule has 1 aromatic carbocycles. The summed E-state index contributed by atoms with van der Waals surface area (Å²) in [4.78, 5) is 12.2. The van der Waals surface area contributed by atoms with Crippen molar-refractivity contribution in [1.29, 1.82) is 0 Å². The predicted molar refractivity (Wildman–Crippen MR) is 128 cm³/mol. The highest BCUT2D eigenvalue weighted by atomic mass is 16.5. The molecule has 1 unspecified atom stereocenters. The van der Waals surface area contributed by atoms with Crippen molar-refractivity contribution in [1.82, 2.24) is 15.3 Å². The van der Waals surface area contributed by atoms with Gasteiger partial charge in [0, 0.05) is 49.7 Å². The number of hydrogen-bond acceptors (Lipinski definition) is 8. The van der Waals surface area contributed by atoms with E-state index in [2.05, 4.69) is 17.1 Å². The number of nitrogens with zero attached hydrogens (tertiary/aromatic N) is 3. The van der Waals surface area contributed by atoms with Crippen molar-refractivity contribution >= 4 is 5.82 Å². The first-order valence-electron chi connectivity index (χ1n) is 12.0. The Bertz CT molecular complexity index is 911. The molecule has 2 aliphatic rings. The number of nitrogens with one attached hydrogen (secondary N) is 1. The van der Waals surface area contributed by atoms with Crippen LogP contribution in [0.5, 0.6) is 5.75 Å². The van der Waals surface area contributed by atoms with Crippen LogP contribution in [0.3, 0.4) is 0 Å². The Hall–Kier alpha value is -2.26. The molecule has 2 fully saturated rings. The van der Waals surface area contributed by atoms with E-state index in [1.807, 2.05) is 24.3 Å². The Morgan fingerprint density at radius 1 is 1.24 bits per heavy atom. The van der Waals surface area contributed by atoms with Gasteiger partial charge >= 0.3 is 0 Å². The maximum Gasteiger partial charge on any atom is 0.161 e. The molecule has 0 amide bonds. The van der Waals surface area contributed by atoms with E-state index >= 15 is 0 Å². The molecule has 3 N–H and O–H groups in total. The maximum atomic E-state index is 9.96. The number of aromatic nitrogens is 2. The fraction of sp³-hybridized carbons (Fsp3) is 0.600. The summed E-state index contributed by atoms with van der Waals surface area (Å²) >= 11 is 0. The Labute approximate surface area is 196 Å². The molecule has 0 radical (unpaired) electrons. The highest BCUT2D eigenvalue weighted by molar-refractivity contribution is 5.62. The van der Waals surface area contributed by atoms with Crippen LogP contribution in [0.15, 0.2) is 24.3 Å². The van der Waals surface area contributed by atoms with E-state index in [1.54, 1.807) is 7.05 Å². The van der Waals surface area contributed by atoms with Gasteiger partial charge in [-0.15, -0.1) is 0 Å². The molecule has 180 valence electrons. The quantitative estimate of drug-likeness (QED) is 0.527. The number of piperidine rings is 1. The average molecular weight is 457 g/mol. The van der Waals surface area contributed by atoms with Gasteiger partial charge in [-0.25, -0.2) is 9.97 Å². The highest BCUT2D eigenvalue weighted by Gasteiger charge is 2.25. The van der Waals surface area contributed by atoms with E-state index in [1.165, 1.54) is 0 Å². The highest BCUT2D eigenvalue weighted by Crippen LogP contribution is 2.30. The van der Waals surface area contributed by atoms with E-state index < -0.39 is 6.10 Å². The fourth-order valence-electron chi connectivity index (χ4n) is 4.49. The zero-order valence-electron chi connectivity index (χ0n) is 19.7. The van der Waals surface area contributed by atoms with Crippen LogP contribution in [-0.4, -0.2) is 78.9 Å². The molecule has 0 bridgehead atoms. The summed E-state index contributed by atoms with van der Waals surface area (Å²) in [5, 5.41) is 22.9. The number of hydrogen-bond donors (Lipinski definition) is 3. The zero-order valence-corrected chi connectivity index (χ0v) is 19.7. The van der Waals surface area contributed by atoms with Crippen molar-refractivity contribution in [2.24, 2.45) is 5.92 Å². The van der Waals surface area contributed by atoms with Crippen LogP contribution >= 0.6 is 0 Å². The number of benzene rings is 1. The van der Waals surface area contributed by atoms with Gasteiger partial charge in [-0.1, -0.05) is 12.1 Å². The molecule has 8 heteroatoms. The lowest BCUT2D eigenvalue weighted by Gasteiger charge is -2.32. The number of aliphatic hydroxyl groups is 2. The molecule has 2 aromatic rings. The summed E-state index contributed by atoms with van der Waals surface area (Å²) in [5.41, 5.74) is 3.06. The number of ether oxygens (including phenoxy) is 2. The number of rotatable bonds is 9. The second-order valence-electron chi connectivity index (χ2n) is 9.14. The van der Waals surface area contributed by atoms with E-state index in [0.29, 0.717) is 24.0 Å². The summed E-state index contributed by atoms with van der Waals surface area (Å²) in [6.45, 7) is 5.97. The minimum Gasteiger partial charge on any atom is -0.491 e. The molecule has 0 aliphatic carbocycles. The van der Waals surface area contributed by atoms with Crippen LogP contribution in [0.4, 0.5) is 5.82 Å². The van der Waals surface area contributed by atoms with E-state index in [4.69, 9.17) is 19.4 Å². The van der Waals surface area contributed by atoms with Gasteiger partial charge in [-0.3, -0.25) is 0 Å². The minimum absolute atomic E-state index is 0.216. The lowest BCUT2D eigenvalue weighted by Crippen LogP contribution is -2.37. The zero-order chi connectivity index (χ0) is 23.2. The molecular formula is C25H36N4O4. The molecule has 0 saturated carbocycles. The molecule has 33 heavy (non-hydrogen) atoms. The molecule has 8 nitrogen and oxygen atoms in total. The Morgan fingerprint density at radius 3 is 2.79 bits per heavy atom. The van der Waals surface area contributed by atoms with Crippen molar-refractivity contribution in [3.05, 3.63) is 35.5 Å². The van der Waals surface area contributed by atoms with Crippen molar-refractivity contribution in [3.63, 3.8) is 0 Å². The molecular weight excluding hydrogens is 420 g/mol. The minimum atomic E-state index is -0.574. The smallest absolute Gasteiger partial charge is 0.161 e. The second-order valence-corrected chi connectivity index (χ2v) is 9.14. The van der Waals surface area contributed by atoms with Gasteiger partial charge in [0.1, 0.15) is 24.3 Å². The van der Waals surface area contributed by atoms with Gasteiger partial charge in [-0.05, 0) is 57.7 Å². The number of aliphatic hydroxyl groups excluding tert-OH is 2. The molecule has 1 aromatic heterocycles. The lowest BCUT2D eigenvalue weighted by atomic mass is 9.99. The van der Waals surface area contributed by atoms with Crippen LogP contribution in [0.2, 0.25) is 0 Å². The molecule has 2 saturated heterocycles. The van der Waals surface area contributed by atoms with Crippen molar-refractivity contribution in [3.8, 4) is 17.1 Å². The third-order valence-electron chi connectivity index (χ3n) is 6.47. The molecule has 0 spiro atoms. The SMILES string of the molecule is CNCC(O)COc1cccc(-c2nc(C[C@@H]3CCOC3)c(C)c(N3CCC(O)CC3)n2)c1. The van der Waals surface area contributed by atoms with Gasteiger partial charge in [0.25, 0.3) is 0 Å². The Kier molecular flexibility index (Phi) is 8.14. The van der Waals surface area contributed by atoms with Crippen molar-refractivity contribution in [2.45, 2.75) is 44.8 Å². The molecule has 3 heterocycles.